The monoisotopic (exact) mass is 446 g/mol. The van der Waals surface area contributed by atoms with E-state index in [4.69, 9.17) is 36.8 Å². The van der Waals surface area contributed by atoms with Crippen LogP contribution in [0.25, 0.3) is 0 Å². The normalized spacial score (nSPS) is 34.2. The SMILES string of the molecule is COc1ccc(OS(=O)(=O)OCC2O[C@@H]3OC(C)(C)OC3[C@H]3OC(C)(C)O[C@@H]23)cc1. The highest BCUT2D eigenvalue weighted by atomic mass is 32.3. The van der Waals surface area contributed by atoms with Crippen molar-refractivity contribution in [2.75, 3.05) is 13.7 Å². The molecular formula is C19H26O10S. The Hall–Kier alpha value is -1.47. The maximum atomic E-state index is 12.3. The van der Waals surface area contributed by atoms with E-state index in [1.807, 2.05) is 0 Å². The zero-order chi connectivity index (χ0) is 21.7. The number of hydrogen-bond acceptors (Lipinski definition) is 10. The Bertz CT molecular complexity index is 866. The highest BCUT2D eigenvalue weighted by molar-refractivity contribution is 7.82. The highest BCUT2D eigenvalue weighted by Gasteiger charge is 2.60. The van der Waals surface area contributed by atoms with Crippen LogP contribution in [0.2, 0.25) is 0 Å². The zero-order valence-corrected chi connectivity index (χ0v) is 18.2. The fraction of sp³-hybridized carbons (Fsp3) is 0.684. The fourth-order valence-corrected chi connectivity index (χ4v) is 4.45. The second-order valence-corrected chi connectivity index (χ2v) is 9.38. The van der Waals surface area contributed by atoms with Gasteiger partial charge in [0.2, 0.25) is 0 Å². The summed E-state index contributed by atoms with van der Waals surface area (Å²) in [6.07, 6.45) is -3.12. The van der Waals surface area contributed by atoms with Gasteiger partial charge in [-0.2, -0.15) is 8.42 Å². The molecule has 0 saturated carbocycles. The molecule has 0 aliphatic carbocycles. The Morgan fingerprint density at radius 1 is 0.867 bits per heavy atom. The Balaban J connectivity index is 1.44. The molecule has 11 heteroatoms. The Labute approximate surface area is 175 Å². The van der Waals surface area contributed by atoms with Gasteiger partial charge in [0.05, 0.1) is 13.7 Å². The lowest BCUT2D eigenvalue weighted by atomic mass is 9.99. The van der Waals surface area contributed by atoms with Crippen molar-refractivity contribution in [1.82, 2.24) is 0 Å². The van der Waals surface area contributed by atoms with E-state index in [2.05, 4.69) is 0 Å². The van der Waals surface area contributed by atoms with E-state index < -0.39 is 52.7 Å². The molecule has 30 heavy (non-hydrogen) atoms. The predicted molar refractivity (Wildman–Crippen MR) is 101 cm³/mol. The molecule has 2 unspecified atom stereocenters. The van der Waals surface area contributed by atoms with Crippen molar-refractivity contribution >= 4 is 10.4 Å². The first kappa shape index (κ1) is 21.8. The van der Waals surface area contributed by atoms with Crippen LogP contribution in [0.4, 0.5) is 0 Å². The largest absolute Gasteiger partial charge is 0.497 e. The number of rotatable bonds is 6. The fourth-order valence-electron chi connectivity index (χ4n) is 3.75. The summed E-state index contributed by atoms with van der Waals surface area (Å²) in [5, 5.41) is 0. The van der Waals surface area contributed by atoms with Crippen LogP contribution < -0.4 is 8.92 Å². The minimum Gasteiger partial charge on any atom is -0.497 e. The molecule has 3 aliphatic heterocycles. The molecule has 3 heterocycles. The van der Waals surface area contributed by atoms with Crippen LogP contribution in [0.15, 0.2) is 24.3 Å². The van der Waals surface area contributed by atoms with Gasteiger partial charge in [-0.25, -0.2) is 4.18 Å². The van der Waals surface area contributed by atoms with Crippen LogP contribution in [0.5, 0.6) is 11.5 Å². The van der Waals surface area contributed by atoms with E-state index in [0.29, 0.717) is 5.75 Å². The van der Waals surface area contributed by atoms with Crippen LogP contribution in [-0.4, -0.2) is 64.4 Å². The van der Waals surface area contributed by atoms with Crippen LogP contribution in [0.1, 0.15) is 27.7 Å². The van der Waals surface area contributed by atoms with Crippen LogP contribution in [0.3, 0.4) is 0 Å². The van der Waals surface area contributed by atoms with Gasteiger partial charge in [-0.1, -0.05) is 0 Å². The zero-order valence-electron chi connectivity index (χ0n) is 17.4. The molecular weight excluding hydrogens is 420 g/mol. The number of fused-ring (bicyclic) bond motifs is 3. The van der Waals surface area contributed by atoms with Crippen molar-refractivity contribution in [3.8, 4) is 11.5 Å². The third-order valence-electron chi connectivity index (χ3n) is 4.89. The molecule has 5 atom stereocenters. The van der Waals surface area contributed by atoms with E-state index in [1.54, 1.807) is 39.8 Å². The van der Waals surface area contributed by atoms with E-state index in [0.717, 1.165) is 0 Å². The first-order chi connectivity index (χ1) is 14.0. The maximum absolute atomic E-state index is 12.3. The number of benzene rings is 1. The standard InChI is InChI=1S/C19H26O10S/c1-18(2)25-14-13(24-17-16(15(14)26-18)27-19(3,4)28-17)10-23-30(20,21)29-12-8-6-11(22-5)7-9-12/h6-9,13-17H,10H2,1-5H3/t13?,14-,15-,16?,17+/m0/s1. The molecule has 1 aromatic carbocycles. The molecule has 3 aliphatic rings. The molecule has 3 saturated heterocycles. The second kappa shape index (κ2) is 7.59. The molecule has 4 rings (SSSR count). The van der Waals surface area contributed by atoms with Gasteiger partial charge in [0, 0.05) is 0 Å². The number of ether oxygens (including phenoxy) is 6. The Morgan fingerprint density at radius 2 is 1.43 bits per heavy atom. The van der Waals surface area contributed by atoms with Crippen molar-refractivity contribution in [1.29, 1.82) is 0 Å². The van der Waals surface area contributed by atoms with Crippen LogP contribution in [0, 0.1) is 0 Å². The molecule has 10 nitrogen and oxygen atoms in total. The first-order valence-corrected chi connectivity index (χ1v) is 10.9. The van der Waals surface area contributed by atoms with Gasteiger partial charge in [-0.3, -0.25) is 0 Å². The van der Waals surface area contributed by atoms with Crippen molar-refractivity contribution in [2.45, 2.75) is 70.0 Å². The lowest BCUT2D eigenvalue weighted by molar-refractivity contribution is -0.238. The molecule has 0 amide bonds. The van der Waals surface area contributed by atoms with Gasteiger partial charge < -0.3 is 32.6 Å². The van der Waals surface area contributed by atoms with Gasteiger partial charge in [0.1, 0.15) is 35.9 Å². The number of hydrogen-bond donors (Lipinski definition) is 0. The van der Waals surface area contributed by atoms with Gasteiger partial charge in [-0.05, 0) is 52.0 Å². The summed E-state index contributed by atoms with van der Waals surface area (Å²) in [5.41, 5.74) is 0. The quantitative estimate of drug-likeness (QED) is 0.641. The third-order valence-corrected chi connectivity index (χ3v) is 5.71. The van der Waals surface area contributed by atoms with E-state index in [1.165, 1.54) is 19.2 Å². The summed E-state index contributed by atoms with van der Waals surface area (Å²) < 4.78 is 69.2. The summed E-state index contributed by atoms with van der Waals surface area (Å²) in [6.45, 7) is 6.73. The lowest BCUT2D eigenvalue weighted by Crippen LogP contribution is -2.56. The van der Waals surface area contributed by atoms with Gasteiger partial charge in [-0.15, -0.1) is 0 Å². The molecule has 0 spiro atoms. The first-order valence-electron chi connectivity index (χ1n) is 9.57. The minimum absolute atomic E-state index is 0.0918. The summed E-state index contributed by atoms with van der Waals surface area (Å²) in [5.74, 6) is -1.09. The van der Waals surface area contributed by atoms with Crippen molar-refractivity contribution in [3.05, 3.63) is 24.3 Å². The lowest BCUT2D eigenvalue weighted by Gasteiger charge is -2.36. The number of methoxy groups -OCH3 is 1. The maximum Gasteiger partial charge on any atom is 0.449 e. The summed E-state index contributed by atoms with van der Waals surface area (Å²) in [6, 6.07) is 6.06. The predicted octanol–water partition coefficient (Wildman–Crippen LogP) is 1.73. The summed E-state index contributed by atoms with van der Waals surface area (Å²) in [4.78, 5) is 0. The minimum atomic E-state index is -4.35. The van der Waals surface area contributed by atoms with Crippen LogP contribution in [-0.2, 0) is 38.3 Å². The molecule has 1 aromatic rings. The summed E-state index contributed by atoms with van der Waals surface area (Å²) >= 11 is 0. The molecule has 0 bridgehead atoms. The van der Waals surface area contributed by atoms with E-state index in [9.17, 15) is 8.42 Å². The van der Waals surface area contributed by atoms with E-state index >= 15 is 0 Å². The Kier molecular flexibility index (Phi) is 5.50. The topological polar surface area (TPSA) is 108 Å². The molecule has 168 valence electrons. The van der Waals surface area contributed by atoms with Crippen molar-refractivity contribution in [2.24, 2.45) is 0 Å². The smallest absolute Gasteiger partial charge is 0.449 e. The third kappa shape index (κ3) is 4.57. The van der Waals surface area contributed by atoms with E-state index in [-0.39, 0.29) is 12.4 Å². The average Bonchev–Trinajstić information content (AvgIpc) is 3.14. The second-order valence-electron chi connectivity index (χ2n) is 8.16. The van der Waals surface area contributed by atoms with Gasteiger partial charge in [0.25, 0.3) is 0 Å². The van der Waals surface area contributed by atoms with Crippen LogP contribution >= 0.6 is 0 Å². The average molecular weight is 446 g/mol. The van der Waals surface area contributed by atoms with Crippen molar-refractivity contribution < 1.29 is 45.2 Å². The molecule has 0 radical (unpaired) electrons. The van der Waals surface area contributed by atoms with Crippen molar-refractivity contribution in [3.63, 3.8) is 0 Å². The molecule has 0 aromatic heterocycles. The highest BCUT2D eigenvalue weighted by Crippen LogP contribution is 2.44. The van der Waals surface area contributed by atoms with Gasteiger partial charge >= 0.3 is 10.4 Å². The molecule has 0 N–H and O–H groups in total. The molecule has 3 fully saturated rings. The van der Waals surface area contributed by atoms with Gasteiger partial charge in [0.15, 0.2) is 17.9 Å². The summed E-state index contributed by atoms with van der Waals surface area (Å²) in [7, 11) is -2.84. The Morgan fingerprint density at radius 3 is 2.10 bits per heavy atom.